The third kappa shape index (κ3) is 2.96. The highest BCUT2D eigenvalue weighted by molar-refractivity contribution is 5.84. The highest BCUT2D eigenvalue weighted by Crippen LogP contribution is 2.33. The van der Waals surface area contributed by atoms with Crippen molar-refractivity contribution in [1.82, 2.24) is 9.97 Å². The van der Waals surface area contributed by atoms with Crippen LogP contribution in [-0.2, 0) is 4.79 Å². The Hall–Kier alpha value is -1.58. The summed E-state index contributed by atoms with van der Waals surface area (Å²) in [5.41, 5.74) is 2.19. The Balaban J connectivity index is 2.15. The fourth-order valence-electron chi connectivity index (χ4n) is 2.50. The summed E-state index contributed by atoms with van der Waals surface area (Å²) in [6.45, 7) is 2.01. The first-order chi connectivity index (χ1) is 8.16. The molecule has 0 bridgehead atoms. The first kappa shape index (κ1) is 11.9. The van der Waals surface area contributed by atoms with E-state index in [0.717, 1.165) is 17.5 Å². The van der Waals surface area contributed by atoms with Gasteiger partial charge in [-0.2, -0.15) is 0 Å². The van der Waals surface area contributed by atoms with Gasteiger partial charge in [0.15, 0.2) is 0 Å². The number of carboxylic acid groups (broad SMARTS) is 1. The number of aliphatic carboxylic acids is 1. The van der Waals surface area contributed by atoms with Crippen molar-refractivity contribution < 1.29 is 9.90 Å². The summed E-state index contributed by atoms with van der Waals surface area (Å²) in [4.78, 5) is 18.1. The van der Waals surface area contributed by atoms with E-state index < -0.39 is 5.97 Å². The fraction of sp³-hybridized carbons (Fsp3) is 0.538. The van der Waals surface area contributed by atoms with Crippen LogP contribution in [0.15, 0.2) is 6.08 Å². The first-order valence-electron chi connectivity index (χ1n) is 6.14. The average molecular weight is 234 g/mol. The van der Waals surface area contributed by atoms with Gasteiger partial charge in [0.05, 0.1) is 5.69 Å². The number of aryl methyl sites for hydroxylation is 1. The summed E-state index contributed by atoms with van der Waals surface area (Å²) >= 11 is 0. The maximum atomic E-state index is 10.4. The fourth-order valence-corrected chi connectivity index (χ4v) is 2.50. The molecular weight excluding hydrogens is 216 g/mol. The van der Waals surface area contributed by atoms with Gasteiger partial charge in [0.1, 0.15) is 5.82 Å². The standard InChI is InChI=1S/C13H18N2O2/c1-9-13(10-5-3-2-4-6-10)15-11(14-9)7-8-12(16)17/h7-8,10H,2-6H2,1H3,(H,14,15)(H,16,17)/b8-7+. The lowest BCUT2D eigenvalue weighted by atomic mass is 9.86. The number of hydrogen-bond donors (Lipinski definition) is 2. The predicted molar refractivity (Wildman–Crippen MR) is 65.8 cm³/mol. The Bertz CT molecular complexity index is 429. The third-order valence-electron chi connectivity index (χ3n) is 3.32. The molecule has 1 heterocycles. The molecule has 0 spiro atoms. The van der Waals surface area contributed by atoms with E-state index in [4.69, 9.17) is 5.11 Å². The van der Waals surface area contributed by atoms with E-state index in [1.807, 2.05) is 6.92 Å². The van der Waals surface area contributed by atoms with Crippen LogP contribution in [0.1, 0.15) is 55.2 Å². The van der Waals surface area contributed by atoms with Crippen molar-refractivity contribution in [1.29, 1.82) is 0 Å². The van der Waals surface area contributed by atoms with E-state index in [1.54, 1.807) is 0 Å². The maximum absolute atomic E-state index is 10.4. The number of carbonyl (C=O) groups is 1. The number of imidazole rings is 1. The van der Waals surface area contributed by atoms with Crippen LogP contribution in [0, 0.1) is 6.92 Å². The Labute approximate surface area is 101 Å². The van der Waals surface area contributed by atoms with E-state index in [0.29, 0.717) is 11.7 Å². The molecule has 0 amide bonds. The van der Waals surface area contributed by atoms with E-state index in [-0.39, 0.29) is 0 Å². The van der Waals surface area contributed by atoms with Crippen molar-refractivity contribution in [2.24, 2.45) is 0 Å². The second-order valence-electron chi connectivity index (χ2n) is 4.64. The van der Waals surface area contributed by atoms with Gasteiger partial charge in [-0.15, -0.1) is 0 Å². The van der Waals surface area contributed by atoms with Gasteiger partial charge in [0.25, 0.3) is 0 Å². The molecule has 0 aliphatic heterocycles. The Morgan fingerprint density at radius 1 is 1.41 bits per heavy atom. The smallest absolute Gasteiger partial charge is 0.328 e. The quantitative estimate of drug-likeness (QED) is 0.790. The molecule has 1 aromatic heterocycles. The molecule has 0 saturated heterocycles. The topological polar surface area (TPSA) is 66.0 Å². The number of carboxylic acids is 1. The summed E-state index contributed by atoms with van der Waals surface area (Å²) in [5.74, 6) is 0.246. The number of hydrogen-bond acceptors (Lipinski definition) is 2. The number of H-pyrrole nitrogens is 1. The molecule has 0 unspecified atom stereocenters. The summed E-state index contributed by atoms with van der Waals surface area (Å²) in [6, 6.07) is 0. The summed E-state index contributed by atoms with van der Waals surface area (Å²) < 4.78 is 0. The molecule has 17 heavy (non-hydrogen) atoms. The molecule has 0 atom stereocenters. The summed E-state index contributed by atoms with van der Waals surface area (Å²) in [6.07, 6.45) is 8.91. The molecule has 4 heteroatoms. The van der Waals surface area contributed by atoms with Gasteiger partial charge in [-0.05, 0) is 25.8 Å². The average Bonchev–Trinajstić information content (AvgIpc) is 2.69. The van der Waals surface area contributed by atoms with Crippen molar-refractivity contribution in [2.45, 2.75) is 44.9 Å². The van der Waals surface area contributed by atoms with E-state index >= 15 is 0 Å². The highest BCUT2D eigenvalue weighted by Gasteiger charge is 2.20. The lowest BCUT2D eigenvalue weighted by molar-refractivity contribution is -0.131. The van der Waals surface area contributed by atoms with Crippen molar-refractivity contribution in [3.8, 4) is 0 Å². The van der Waals surface area contributed by atoms with Crippen LogP contribution < -0.4 is 0 Å². The van der Waals surface area contributed by atoms with Crippen LogP contribution in [0.2, 0.25) is 0 Å². The molecule has 92 valence electrons. The third-order valence-corrected chi connectivity index (χ3v) is 3.32. The molecule has 0 radical (unpaired) electrons. The van der Waals surface area contributed by atoms with Gasteiger partial charge < -0.3 is 10.1 Å². The Morgan fingerprint density at radius 3 is 2.76 bits per heavy atom. The molecule has 1 fully saturated rings. The number of aromatic nitrogens is 2. The lowest BCUT2D eigenvalue weighted by Gasteiger charge is -2.20. The summed E-state index contributed by atoms with van der Waals surface area (Å²) in [7, 11) is 0. The Morgan fingerprint density at radius 2 is 2.12 bits per heavy atom. The minimum absolute atomic E-state index is 0.548. The van der Waals surface area contributed by atoms with Gasteiger partial charge in [-0.3, -0.25) is 0 Å². The zero-order chi connectivity index (χ0) is 12.3. The predicted octanol–water partition coefficient (Wildman–Crippen LogP) is 2.86. The molecule has 4 nitrogen and oxygen atoms in total. The molecule has 1 saturated carbocycles. The Kier molecular flexibility index (Phi) is 3.61. The zero-order valence-electron chi connectivity index (χ0n) is 10.1. The highest BCUT2D eigenvalue weighted by atomic mass is 16.4. The molecular formula is C13H18N2O2. The summed E-state index contributed by atoms with van der Waals surface area (Å²) in [5, 5.41) is 8.57. The molecule has 1 aromatic rings. The molecule has 2 N–H and O–H groups in total. The largest absolute Gasteiger partial charge is 0.478 e. The van der Waals surface area contributed by atoms with Gasteiger partial charge >= 0.3 is 5.97 Å². The zero-order valence-corrected chi connectivity index (χ0v) is 10.1. The SMILES string of the molecule is Cc1[nH]c(/C=C/C(=O)O)nc1C1CCCCC1. The van der Waals surface area contributed by atoms with Gasteiger partial charge in [0.2, 0.25) is 0 Å². The van der Waals surface area contributed by atoms with Crippen molar-refractivity contribution in [3.63, 3.8) is 0 Å². The van der Waals surface area contributed by atoms with Gasteiger partial charge in [0, 0.05) is 17.7 Å². The molecule has 1 aliphatic rings. The lowest BCUT2D eigenvalue weighted by Crippen LogP contribution is -2.06. The van der Waals surface area contributed by atoms with Crippen LogP contribution in [-0.4, -0.2) is 21.0 Å². The van der Waals surface area contributed by atoms with Crippen molar-refractivity contribution in [2.75, 3.05) is 0 Å². The van der Waals surface area contributed by atoms with Crippen LogP contribution in [0.3, 0.4) is 0 Å². The number of aromatic amines is 1. The van der Waals surface area contributed by atoms with Crippen LogP contribution >= 0.6 is 0 Å². The van der Waals surface area contributed by atoms with E-state index in [1.165, 1.54) is 38.2 Å². The normalized spacial score (nSPS) is 17.7. The maximum Gasteiger partial charge on any atom is 0.328 e. The van der Waals surface area contributed by atoms with Gasteiger partial charge in [-0.25, -0.2) is 9.78 Å². The van der Waals surface area contributed by atoms with Crippen LogP contribution in [0.25, 0.3) is 6.08 Å². The van der Waals surface area contributed by atoms with Crippen LogP contribution in [0.4, 0.5) is 0 Å². The van der Waals surface area contributed by atoms with E-state index in [9.17, 15) is 4.79 Å². The monoisotopic (exact) mass is 234 g/mol. The minimum Gasteiger partial charge on any atom is -0.478 e. The van der Waals surface area contributed by atoms with Crippen molar-refractivity contribution >= 4 is 12.0 Å². The van der Waals surface area contributed by atoms with Crippen molar-refractivity contribution in [3.05, 3.63) is 23.3 Å². The second kappa shape index (κ2) is 5.17. The molecule has 2 rings (SSSR count). The molecule has 0 aromatic carbocycles. The minimum atomic E-state index is -0.946. The number of rotatable bonds is 3. The first-order valence-corrected chi connectivity index (χ1v) is 6.14. The van der Waals surface area contributed by atoms with E-state index in [2.05, 4.69) is 9.97 Å². The van der Waals surface area contributed by atoms with Crippen LogP contribution in [0.5, 0.6) is 0 Å². The number of nitrogens with one attached hydrogen (secondary N) is 1. The number of nitrogens with zero attached hydrogens (tertiary/aromatic N) is 1. The molecule has 1 aliphatic carbocycles. The second-order valence-corrected chi connectivity index (χ2v) is 4.64. The van der Waals surface area contributed by atoms with Gasteiger partial charge in [-0.1, -0.05) is 19.3 Å².